The van der Waals surface area contributed by atoms with Crippen molar-refractivity contribution in [2.45, 2.75) is 12.8 Å². The molecule has 2 aromatic carbocycles. The van der Waals surface area contributed by atoms with Crippen LogP contribution in [0.2, 0.25) is 5.02 Å². The largest absolute Gasteiger partial charge is 0.354 e. The highest BCUT2D eigenvalue weighted by Crippen LogP contribution is 2.26. The molecule has 1 amide bonds. The van der Waals surface area contributed by atoms with Crippen molar-refractivity contribution >= 4 is 29.0 Å². The summed E-state index contributed by atoms with van der Waals surface area (Å²) in [7, 11) is 0. The van der Waals surface area contributed by atoms with Gasteiger partial charge in [0.2, 0.25) is 5.91 Å². The molecule has 1 aliphatic heterocycles. The van der Waals surface area contributed by atoms with Gasteiger partial charge in [0, 0.05) is 18.7 Å². The van der Waals surface area contributed by atoms with Gasteiger partial charge in [-0.1, -0.05) is 23.7 Å². The van der Waals surface area contributed by atoms with Crippen LogP contribution in [-0.4, -0.2) is 29.2 Å². The van der Waals surface area contributed by atoms with Gasteiger partial charge in [-0.05, 0) is 61.4 Å². The third-order valence-electron chi connectivity index (χ3n) is 5.04. The minimum Gasteiger partial charge on any atom is -0.354 e. The van der Waals surface area contributed by atoms with Gasteiger partial charge in [0.1, 0.15) is 5.82 Å². The van der Waals surface area contributed by atoms with E-state index in [9.17, 15) is 9.18 Å². The number of hydrogen-bond donors (Lipinski definition) is 1. The molecule has 0 spiro atoms. The van der Waals surface area contributed by atoms with E-state index in [2.05, 4.69) is 20.4 Å². The summed E-state index contributed by atoms with van der Waals surface area (Å²) in [4.78, 5) is 14.8. The maximum atomic E-state index is 13.1. The van der Waals surface area contributed by atoms with Crippen molar-refractivity contribution in [1.82, 2.24) is 10.2 Å². The molecular weight excluding hydrogens is 391 g/mol. The number of halogens is 2. The van der Waals surface area contributed by atoms with Gasteiger partial charge < -0.3 is 10.2 Å². The Morgan fingerprint density at radius 3 is 2.59 bits per heavy atom. The Hall–Kier alpha value is -2.99. The van der Waals surface area contributed by atoms with Gasteiger partial charge in [-0.3, -0.25) is 4.79 Å². The number of hydrogen-bond acceptors (Lipinski definition) is 4. The van der Waals surface area contributed by atoms with Crippen molar-refractivity contribution in [3.05, 3.63) is 71.5 Å². The summed E-state index contributed by atoms with van der Waals surface area (Å²) >= 11 is 6.14. The maximum absolute atomic E-state index is 13.1. The molecule has 1 unspecified atom stereocenters. The van der Waals surface area contributed by atoms with Gasteiger partial charge in [-0.15, -0.1) is 10.2 Å². The monoisotopic (exact) mass is 410 g/mol. The summed E-state index contributed by atoms with van der Waals surface area (Å²) in [5.41, 5.74) is 2.11. The van der Waals surface area contributed by atoms with Crippen LogP contribution in [0.25, 0.3) is 11.3 Å². The second-order valence-corrected chi connectivity index (χ2v) is 7.45. The number of aromatic nitrogens is 2. The molecule has 0 radical (unpaired) electrons. The van der Waals surface area contributed by atoms with E-state index in [0.717, 1.165) is 30.8 Å². The number of amides is 1. The average molecular weight is 411 g/mol. The fourth-order valence-electron chi connectivity index (χ4n) is 3.47. The first kappa shape index (κ1) is 19.3. The van der Waals surface area contributed by atoms with E-state index >= 15 is 0 Å². The molecule has 1 aliphatic rings. The Morgan fingerprint density at radius 1 is 1.07 bits per heavy atom. The third kappa shape index (κ3) is 4.54. The molecular formula is C22H20ClFN4O. The van der Waals surface area contributed by atoms with Crippen LogP contribution in [0.4, 0.5) is 15.9 Å². The smallest absolute Gasteiger partial charge is 0.229 e. The topological polar surface area (TPSA) is 58.1 Å². The maximum Gasteiger partial charge on any atom is 0.229 e. The molecule has 4 rings (SSSR count). The summed E-state index contributed by atoms with van der Waals surface area (Å²) in [5.74, 6) is 0.246. The van der Waals surface area contributed by atoms with Crippen molar-refractivity contribution in [3.63, 3.8) is 0 Å². The number of nitrogens with one attached hydrogen (secondary N) is 1. The van der Waals surface area contributed by atoms with E-state index in [1.165, 1.54) is 12.1 Å². The van der Waals surface area contributed by atoms with Crippen LogP contribution in [0.5, 0.6) is 0 Å². The highest BCUT2D eigenvalue weighted by Gasteiger charge is 2.27. The fourth-order valence-corrected chi connectivity index (χ4v) is 3.65. The van der Waals surface area contributed by atoms with Gasteiger partial charge in [-0.25, -0.2) is 4.39 Å². The fraction of sp³-hybridized carbons (Fsp3) is 0.227. The Kier molecular flexibility index (Phi) is 5.71. The van der Waals surface area contributed by atoms with Gasteiger partial charge in [0.15, 0.2) is 5.82 Å². The van der Waals surface area contributed by atoms with E-state index in [1.54, 1.807) is 24.3 Å². The summed E-state index contributed by atoms with van der Waals surface area (Å²) < 4.78 is 13.1. The molecule has 3 aromatic rings. The second-order valence-electron chi connectivity index (χ2n) is 7.04. The Bertz CT molecular complexity index is 994. The Labute approximate surface area is 173 Å². The first-order valence-electron chi connectivity index (χ1n) is 9.50. The van der Waals surface area contributed by atoms with E-state index in [1.807, 2.05) is 24.3 Å². The minimum absolute atomic E-state index is 0.0429. The van der Waals surface area contributed by atoms with Crippen LogP contribution < -0.4 is 10.2 Å². The van der Waals surface area contributed by atoms with Gasteiger partial charge in [-0.2, -0.15) is 0 Å². The predicted molar refractivity (Wildman–Crippen MR) is 112 cm³/mol. The lowest BCUT2D eigenvalue weighted by Gasteiger charge is -2.32. The first-order valence-corrected chi connectivity index (χ1v) is 9.88. The number of nitrogens with zero attached hydrogens (tertiary/aromatic N) is 3. The summed E-state index contributed by atoms with van der Waals surface area (Å²) in [6.07, 6.45) is 1.70. The molecule has 2 heterocycles. The van der Waals surface area contributed by atoms with Gasteiger partial charge >= 0.3 is 0 Å². The zero-order valence-corrected chi connectivity index (χ0v) is 16.4. The molecule has 0 aliphatic carbocycles. The molecule has 1 saturated heterocycles. The standard InChI is InChI=1S/C22H20ClFN4O/c23-18-5-1-2-6-20(18)25-22(29)16-4-3-13-28(14-16)21-12-11-19(26-27-21)15-7-9-17(24)10-8-15/h1-2,5-12,16H,3-4,13-14H2,(H,25,29). The van der Waals surface area contributed by atoms with Gasteiger partial charge in [0.05, 0.1) is 22.3 Å². The summed E-state index contributed by atoms with van der Waals surface area (Å²) in [5, 5.41) is 12.0. The zero-order chi connectivity index (χ0) is 20.2. The van der Waals surface area contributed by atoms with Crippen molar-refractivity contribution in [2.24, 2.45) is 5.92 Å². The molecule has 1 atom stereocenters. The number of para-hydroxylation sites is 1. The van der Waals surface area contributed by atoms with Crippen LogP contribution in [-0.2, 0) is 4.79 Å². The molecule has 1 aromatic heterocycles. The first-order chi connectivity index (χ1) is 14.1. The minimum atomic E-state index is -0.284. The molecule has 0 bridgehead atoms. The lowest BCUT2D eigenvalue weighted by Crippen LogP contribution is -2.41. The number of carbonyl (C=O) groups is 1. The van der Waals surface area contributed by atoms with E-state index in [0.29, 0.717) is 22.9 Å². The van der Waals surface area contributed by atoms with Crippen molar-refractivity contribution in [2.75, 3.05) is 23.3 Å². The average Bonchev–Trinajstić information content (AvgIpc) is 2.76. The summed E-state index contributed by atoms with van der Waals surface area (Å²) in [6, 6.07) is 17.1. The molecule has 1 fully saturated rings. The highest BCUT2D eigenvalue weighted by atomic mass is 35.5. The molecule has 148 valence electrons. The number of anilines is 2. The van der Waals surface area contributed by atoms with Gasteiger partial charge in [0.25, 0.3) is 0 Å². The van der Waals surface area contributed by atoms with Crippen LogP contribution in [0.3, 0.4) is 0 Å². The number of piperidine rings is 1. The molecule has 1 N–H and O–H groups in total. The highest BCUT2D eigenvalue weighted by molar-refractivity contribution is 6.33. The SMILES string of the molecule is O=C(Nc1ccccc1Cl)C1CCCN(c2ccc(-c3ccc(F)cc3)nn2)C1. The number of carbonyl (C=O) groups excluding carboxylic acids is 1. The van der Waals surface area contributed by atoms with Crippen LogP contribution >= 0.6 is 11.6 Å². The normalized spacial score (nSPS) is 16.5. The van der Waals surface area contributed by atoms with E-state index in [4.69, 9.17) is 11.6 Å². The quantitative estimate of drug-likeness (QED) is 0.671. The predicted octanol–water partition coefficient (Wildman–Crippen LogP) is 4.79. The van der Waals surface area contributed by atoms with Crippen molar-refractivity contribution in [1.29, 1.82) is 0 Å². The zero-order valence-electron chi connectivity index (χ0n) is 15.7. The van der Waals surface area contributed by atoms with E-state index < -0.39 is 0 Å². The molecule has 0 saturated carbocycles. The Morgan fingerprint density at radius 2 is 1.86 bits per heavy atom. The lowest BCUT2D eigenvalue weighted by molar-refractivity contribution is -0.120. The number of rotatable bonds is 4. The van der Waals surface area contributed by atoms with Crippen LogP contribution in [0.1, 0.15) is 12.8 Å². The molecule has 29 heavy (non-hydrogen) atoms. The molecule has 5 nitrogen and oxygen atoms in total. The molecule has 7 heteroatoms. The van der Waals surface area contributed by atoms with Crippen molar-refractivity contribution in [3.8, 4) is 11.3 Å². The van der Waals surface area contributed by atoms with Crippen LogP contribution in [0.15, 0.2) is 60.7 Å². The van der Waals surface area contributed by atoms with Crippen molar-refractivity contribution < 1.29 is 9.18 Å². The van der Waals surface area contributed by atoms with Crippen LogP contribution in [0, 0.1) is 11.7 Å². The summed E-state index contributed by atoms with van der Waals surface area (Å²) in [6.45, 7) is 1.39. The Balaban J connectivity index is 1.43. The third-order valence-corrected chi connectivity index (χ3v) is 5.37. The lowest BCUT2D eigenvalue weighted by atomic mass is 9.97. The van der Waals surface area contributed by atoms with E-state index in [-0.39, 0.29) is 17.6 Å². The second kappa shape index (κ2) is 8.57. The number of benzene rings is 2.